The number of carbonyl (C=O) groups excluding carboxylic acids is 1. The summed E-state index contributed by atoms with van der Waals surface area (Å²) in [5.74, 6) is 1.34. The summed E-state index contributed by atoms with van der Waals surface area (Å²) in [6.07, 6.45) is 0.869. The predicted molar refractivity (Wildman–Crippen MR) is 96.1 cm³/mol. The lowest BCUT2D eigenvalue weighted by Crippen LogP contribution is -2.32. The minimum atomic E-state index is -0.234. The number of aryl methyl sites for hydroxylation is 2. The number of methoxy groups -OCH3 is 1. The summed E-state index contributed by atoms with van der Waals surface area (Å²) < 4.78 is 10.8. The normalized spacial score (nSPS) is 10.1. The van der Waals surface area contributed by atoms with Crippen LogP contribution in [0.2, 0.25) is 0 Å². The maximum Gasteiger partial charge on any atom is 0.319 e. The first-order chi connectivity index (χ1) is 11.7. The summed E-state index contributed by atoms with van der Waals surface area (Å²) in [6, 6.07) is 13.2. The van der Waals surface area contributed by atoms with Crippen molar-refractivity contribution in [3.05, 3.63) is 53.6 Å². The fraction of sp³-hybridized carbons (Fsp3) is 0.316. The minimum Gasteiger partial charge on any atom is -0.493 e. The van der Waals surface area contributed by atoms with Crippen LogP contribution in [0.5, 0.6) is 11.5 Å². The lowest BCUT2D eigenvalue weighted by Gasteiger charge is -2.14. The van der Waals surface area contributed by atoms with E-state index in [1.165, 1.54) is 0 Å². The van der Waals surface area contributed by atoms with E-state index in [1.807, 2.05) is 49.4 Å². The van der Waals surface area contributed by atoms with Crippen LogP contribution in [-0.2, 0) is 6.42 Å². The number of benzene rings is 2. The Balaban J connectivity index is 1.82. The van der Waals surface area contributed by atoms with Crippen molar-refractivity contribution < 1.29 is 14.3 Å². The van der Waals surface area contributed by atoms with Gasteiger partial charge in [0.15, 0.2) is 11.5 Å². The predicted octanol–water partition coefficient (Wildman–Crippen LogP) is 3.77. The number of urea groups is 1. The second-order valence-electron chi connectivity index (χ2n) is 5.34. The number of hydrogen-bond donors (Lipinski definition) is 2. The highest BCUT2D eigenvalue weighted by Gasteiger charge is 2.08. The Morgan fingerprint density at radius 3 is 2.54 bits per heavy atom. The second-order valence-corrected chi connectivity index (χ2v) is 5.34. The number of amides is 2. The lowest BCUT2D eigenvalue weighted by molar-refractivity contribution is 0.246. The molecule has 0 aliphatic rings. The highest BCUT2D eigenvalue weighted by Crippen LogP contribution is 2.25. The number of rotatable bonds is 7. The van der Waals surface area contributed by atoms with Crippen LogP contribution in [0.4, 0.5) is 10.5 Å². The monoisotopic (exact) mass is 328 g/mol. The molecule has 0 aliphatic carbocycles. The summed E-state index contributed by atoms with van der Waals surface area (Å²) in [6.45, 7) is 4.82. The molecule has 2 aromatic rings. The zero-order chi connectivity index (χ0) is 17.4. The van der Waals surface area contributed by atoms with Gasteiger partial charge in [0, 0.05) is 5.69 Å². The van der Waals surface area contributed by atoms with Gasteiger partial charge in [0.1, 0.15) is 6.61 Å². The van der Waals surface area contributed by atoms with Crippen molar-refractivity contribution in [3.8, 4) is 11.5 Å². The highest BCUT2D eigenvalue weighted by molar-refractivity contribution is 5.91. The maximum absolute atomic E-state index is 12.1. The molecule has 2 N–H and O–H groups in total. The highest BCUT2D eigenvalue weighted by atomic mass is 16.5. The summed E-state index contributed by atoms with van der Waals surface area (Å²) in [7, 11) is 1.60. The van der Waals surface area contributed by atoms with E-state index in [2.05, 4.69) is 17.6 Å². The van der Waals surface area contributed by atoms with Gasteiger partial charge in [-0.2, -0.15) is 0 Å². The molecule has 2 amide bonds. The van der Waals surface area contributed by atoms with Crippen LogP contribution in [0.1, 0.15) is 18.1 Å². The Labute approximate surface area is 143 Å². The van der Waals surface area contributed by atoms with Gasteiger partial charge in [0.05, 0.1) is 13.7 Å². The smallest absolute Gasteiger partial charge is 0.319 e. The van der Waals surface area contributed by atoms with Gasteiger partial charge in [-0.1, -0.05) is 37.3 Å². The first-order valence-corrected chi connectivity index (χ1v) is 8.04. The molecule has 0 atom stereocenters. The van der Waals surface area contributed by atoms with Crippen LogP contribution in [0, 0.1) is 6.92 Å². The molecule has 0 aliphatic heterocycles. The van der Waals surface area contributed by atoms with Gasteiger partial charge >= 0.3 is 6.03 Å². The largest absolute Gasteiger partial charge is 0.493 e. The van der Waals surface area contributed by atoms with Gasteiger partial charge in [0.25, 0.3) is 0 Å². The van der Waals surface area contributed by atoms with Gasteiger partial charge < -0.3 is 20.1 Å². The molecule has 0 saturated heterocycles. The van der Waals surface area contributed by atoms with Crippen molar-refractivity contribution in [2.24, 2.45) is 0 Å². The topological polar surface area (TPSA) is 59.6 Å². The van der Waals surface area contributed by atoms with Crippen molar-refractivity contribution in [1.29, 1.82) is 0 Å². The lowest BCUT2D eigenvalue weighted by atomic mass is 10.1. The Morgan fingerprint density at radius 2 is 1.83 bits per heavy atom. The van der Waals surface area contributed by atoms with E-state index in [1.54, 1.807) is 7.11 Å². The van der Waals surface area contributed by atoms with Crippen LogP contribution >= 0.6 is 0 Å². The van der Waals surface area contributed by atoms with E-state index in [0.29, 0.717) is 24.7 Å². The standard InChI is InChI=1S/C19H24N2O3/c1-4-15-9-7-8-14(2)18(15)21-19(22)20-12-13-24-17-11-6-5-10-16(17)23-3/h5-11H,4,12-13H2,1-3H3,(H2,20,21,22). The fourth-order valence-electron chi connectivity index (χ4n) is 2.42. The van der Waals surface area contributed by atoms with Crippen LogP contribution in [0.25, 0.3) is 0 Å². The number of carbonyl (C=O) groups is 1. The molecule has 0 radical (unpaired) electrons. The Hall–Kier alpha value is -2.69. The molecule has 5 heteroatoms. The average Bonchev–Trinajstić information content (AvgIpc) is 2.60. The van der Waals surface area contributed by atoms with Crippen LogP contribution in [-0.4, -0.2) is 26.3 Å². The SMILES string of the molecule is CCc1cccc(C)c1NC(=O)NCCOc1ccccc1OC. The van der Waals surface area contributed by atoms with Gasteiger partial charge in [-0.3, -0.25) is 0 Å². The third-order valence-electron chi connectivity index (χ3n) is 3.69. The van der Waals surface area contributed by atoms with Gasteiger partial charge in [-0.05, 0) is 36.6 Å². The van der Waals surface area contributed by atoms with Gasteiger partial charge in [-0.15, -0.1) is 0 Å². The maximum atomic E-state index is 12.1. The average molecular weight is 328 g/mol. The molecule has 0 heterocycles. The molecular weight excluding hydrogens is 304 g/mol. The molecule has 24 heavy (non-hydrogen) atoms. The van der Waals surface area contributed by atoms with E-state index < -0.39 is 0 Å². The van der Waals surface area contributed by atoms with Crippen molar-refractivity contribution in [3.63, 3.8) is 0 Å². The van der Waals surface area contributed by atoms with Crippen LogP contribution < -0.4 is 20.1 Å². The van der Waals surface area contributed by atoms with E-state index in [-0.39, 0.29) is 6.03 Å². The number of anilines is 1. The molecule has 0 aromatic heterocycles. The quantitative estimate of drug-likeness (QED) is 0.761. The van der Waals surface area contributed by atoms with Crippen molar-refractivity contribution in [2.75, 3.05) is 25.6 Å². The Kier molecular flexibility index (Phi) is 6.49. The number of hydrogen-bond acceptors (Lipinski definition) is 3. The molecule has 0 saturated carbocycles. The Morgan fingerprint density at radius 1 is 1.08 bits per heavy atom. The molecule has 0 spiro atoms. The molecule has 0 unspecified atom stereocenters. The van der Waals surface area contributed by atoms with Crippen LogP contribution in [0.15, 0.2) is 42.5 Å². The molecule has 2 aromatic carbocycles. The van der Waals surface area contributed by atoms with E-state index in [9.17, 15) is 4.79 Å². The molecule has 128 valence electrons. The Bertz CT molecular complexity index is 686. The first-order valence-electron chi connectivity index (χ1n) is 8.04. The number of ether oxygens (including phenoxy) is 2. The third kappa shape index (κ3) is 4.65. The molecular formula is C19H24N2O3. The summed E-state index contributed by atoms with van der Waals surface area (Å²) in [4.78, 5) is 12.1. The second kappa shape index (κ2) is 8.82. The van der Waals surface area contributed by atoms with E-state index in [4.69, 9.17) is 9.47 Å². The van der Waals surface area contributed by atoms with Crippen molar-refractivity contribution >= 4 is 11.7 Å². The number of para-hydroxylation sites is 3. The van der Waals surface area contributed by atoms with E-state index in [0.717, 1.165) is 23.2 Å². The fourth-order valence-corrected chi connectivity index (χ4v) is 2.42. The van der Waals surface area contributed by atoms with Gasteiger partial charge in [-0.25, -0.2) is 4.79 Å². The number of nitrogens with one attached hydrogen (secondary N) is 2. The summed E-state index contributed by atoms with van der Waals surface area (Å²) >= 11 is 0. The molecule has 2 rings (SSSR count). The van der Waals surface area contributed by atoms with Crippen LogP contribution in [0.3, 0.4) is 0 Å². The zero-order valence-corrected chi connectivity index (χ0v) is 14.4. The molecule has 0 fully saturated rings. The molecule has 0 bridgehead atoms. The summed E-state index contributed by atoms with van der Waals surface area (Å²) in [5, 5.41) is 5.72. The summed E-state index contributed by atoms with van der Waals surface area (Å²) in [5.41, 5.74) is 3.05. The molecule has 5 nitrogen and oxygen atoms in total. The van der Waals surface area contributed by atoms with E-state index >= 15 is 0 Å². The minimum absolute atomic E-state index is 0.234. The van der Waals surface area contributed by atoms with Gasteiger partial charge in [0.2, 0.25) is 0 Å². The third-order valence-corrected chi connectivity index (χ3v) is 3.69. The van der Waals surface area contributed by atoms with Crippen molar-refractivity contribution in [2.45, 2.75) is 20.3 Å². The zero-order valence-electron chi connectivity index (χ0n) is 14.4. The van der Waals surface area contributed by atoms with Crippen molar-refractivity contribution in [1.82, 2.24) is 5.32 Å². The first kappa shape index (κ1) is 17.7.